The van der Waals surface area contributed by atoms with Crippen molar-refractivity contribution in [1.29, 1.82) is 0 Å². The zero-order valence-corrected chi connectivity index (χ0v) is 31.7. The largest absolute Gasteiger partial charge is 0.456 e. The number of benzene rings is 9. The van der Waals surface area contributed by atoms with Gasteiger partial charge in [0.15, 0.2) is 0 Å². The van der Waals surface area contributed by atoms with Crippen molar-refractivity contribution < 1.29 is 4.42 Å². The van der Waals surface area contributed by atoms with E-state index in [1.165, 1.54) is 82.4 Å². The fourth-order valence-corrected chi connectivity index (χ4v) is 7.42. The molecule has 0 radical (unpaired) electrons. The first-order chi connectivity index (χ1) is 26.4. The highest BCUT2D eigenvalue weighted by molar-refractivity contribution is 6.27. The summed E-state index contributed by atoms with van der Waals surface area (Å²) in [5.74, 6) is 0. The number of fused-ring (bicyclic) bond motifs is 3. The molecule has 0 aliphatic heterocycles. The Morgan fingerprint density at radius 3 is 1.31 bits per heavy atom. The lowest BCUT2D eigenvalue weighted by atomic mass is 9.87. The lowest BCUT2D eigenvalue weighted by Crippen LogP contribution is -1.89. The predicted octanol–water partition coefficient (Wildman–Crippen LogP) is 15.7. The van der Waals surface area contributed by atoms with Crippen LogP contribution in [0.3, 0.4) is 0 Å². The molecule has 0 aliphatic carbocycles. The molecule has 0 N–H and O–H groups in total. The quantitative estimate of drug-likeness (QED) is 0.132. The number of aryl methyl sites for hydroxylation is 3. The van der Waals surface area contributed by atoms with E-state index in [-0.39, 0.29) is 0 Å². The van der Waals surface area contributed by atoms with Gasteiger partial charge in [0.1, 0.15) is 11.2 Å². The zero-order chi connectivity index (χ0) is 37.2. The highest BCUT2D eigenvalue weighted by Crippen LogP contribution is 2.42. The van der Waals surface area contributed by atoms with Crippen molar-refractivity contribution in [3.8, 4) is 33.4 Å². The van der Waals surface area contributed by atoms with Crippen molar-refractivity contribution in [2.75, 3.05) is 0 Å². The Kier molecular flexibility index (Phi) is 9.55. The summed E-state index contributed by atoms with van der Waals surface area (Å²) in [7, 11) is 0. The predicted molar refractivity (Wildman–Crippen MR) is 235 cm³/mol. The smallest absolute Gasteiger partial charge is 0.135 e. The molecule has 0 bridgehead atoms. The molecule has 0 fully saturated rings. The van der Waals surface area contributed by atoms with Gasteiger partial charge in [-0.3, -0.25) is 0 Å². The van der Waals surface area contributed by atoms with Gasteiger partial charge in [-0.1, -0.05) is 174 Å². The number of hydrogen-bond acceptors (Lipinski definition) is 1. The number of rotatable bonds is 3. The van der Waals surface area contributed by atoms with Gasteiger partial charge in [0, 0.05) is 10.8 Å². The minimum atomic E-state index is 0.927. The first kappa shape index (κ1) is 34.6. The van der Waals surface area contributed by atoms with Crippen molar-refractivity contribution >= 4 is 54.3 Å². The highest BCUT2D eigenvalue weighted by atomic mass is 16.3. The third-order valence-electron chi connectivity index (χ3n) is 10.5. The Morgan fingerprint density at radius 2 is 0.778 bits per heavy atom. The molecule has 0 spiro atoms. The molecule has 1 heterocycles. The molecule has 0 amide bonds. The van der Waals surface area contributed by atoms with Crippen molar-refractivity contribution in [1.82, 2.24) is 0 Å². The van der Waals surface area contributed by atoms with Gasteiger partial charge < -0.3 is 4.42 Å². The van der Waals surface area contributed by atoms with Crippen molar-refractivity contribution in [3.63, 3.8) is 0 Å². The summed E-state index contributed by atoms with van der Waals surface area (Å²) in [4.78, 5) is 0. The second-order valence-corrected chi connectivity index (χ2v) is 14.2. The lowest BCUT2D eigenvalue weighted by molar-refractivity contribution is 0.669. The Hall–Kier alpha value is -6.44. The molecule has 10 rings (SSSR count). The monoisotopic (exact) mass is 696 g/mol. The van der Waals surface area contributed by atoms with E-state index >= 15 is 0 Å². The molecule has 1 nitrogen and oxygen atoms in total. The van der Waals surface area contributed by atoms with Crippen LogP contribution in [0.4, 0.5) is 0 Å². The van der Waals surface area contributed by atoms with Crippen LogP contribution >= 0.6 is 0 Å². The van der Waals surface area contributed by atoms with Crippen LogP contribution in [0.25, 0.3) is 87.6 Å². The standard InChI is InChI=1S/C41H26O.C8H10.C4H8/c1-25-6-8-27(9-7-25)32-19-14-29-17-22-36-33(20-15-30-16-21-35(32)40(29)41(30)36)28-12-10-26(11-13-28)31-18-23-39-37(24-31)34-4-2-3-5-38(34)42-39;1-7-3-5-8(2)6-4-7;1-3-4-2/h2-24H,1H3;3-6H,1-2H3;3-4H,1-2H3/b;;4-3-. The summed E-state index contributed by atoms with van der Waals surface area (Å²) in [5.41, 5.74) is 13.2. The van der Waals surface area contributed by atoms with E-state index in [2.05, 4.69) is 172 Å². The van der Waals surface area contributed by atoms with Gasteiger partial charge >= 0.3 is 0 Å². The van der Waals surface area contributed by atoms with Gasteiger partial charge in [-0.25, -0.2) is 0 Å². The van der Waals surface area contributed by atoms with Gasteiger partial charge in [0.2, 0.25) is 0 Å². The highest BCUT2D eigenvalue weighted by Gasteiger charge is 2.15. The summed E-state index contributed by atoms with van der Waals surface area (Å²) in [6.45, 7) is 10.3. The fourth-order valence-electron chi connectivity index (χ4n) is 7.42. The average Bonchev–Trinajstić information content (AvgIpc) is 3.60. The van der Waals surface area contributed by atoms with Crippen LogP contribution in [0.5, 0.6) is 0 Å². The van der Waals surface area contributed by atoms with Gasteiger partial charge in [-0.05, 0) is 119 Å². The molecule has 1 aromatic heterocycles. The van der Waals surface area contributed by atoms with E-state index < -0.39 is 0 Å². The molecular weight excluding hydrogens is 653 g/mol. The van der Waals surface area contributed by atoms with Gasteiger partial charge in [-0.2, -0.15) is 0 Å². The number of allylic oxidation sites excluding steroid dienone is 2. The fraction of sp³-hybridized carbons (Fsp3) is 0.0943. The van der Waals surface area contributed by atoms with Crippen LogP contribution in [-0.2, 0) is 0 Å². The van der Waals surface area contributed by atoms with Crippen molar-refractivity contribution in [2.45, 2.75) is 34.6 Å². The molecule has 0 unspecified atom stereocenters. The van der Waals surface area contributed by atoms with Crippen LogP contribution in [0.2, 0.25) is 0 Å². The molecule has 10 aromatic rings. The maximum atomic E-state index is 6.05. The minimum Gasteiger partial charge on any atom is -0.456 e. The van der Waals surface area contributed by atoms with Gasteiger partial charge in [0.25, 0.3) is 0 Å². The zero-order valence-electron chi connectivity index (χ0n) is 31.7. The van der Waals surface area contributed by atoms with E-state index in [0.717, 1.165) is 21.9 Å². The third kappa shape index (κ3) is 6.66. The maximum Gasteiger partial charge on any atom is 0.135 e. The number of furan rings is 1. The topological polar surface area (TPSA) is 13.1 Å². The van der Waals surface area contributed by atoms with Crippen LogP contribution < -0.4 is 0 Å². The molecule has 0 saturated heterocycles. The number of hydrogen-bond donors (Lipinski definition) is 0. The first-order valence-corrected chi connectivity index (χ1v) is 18.8. The molecular formula is C53H44O. The summed E-state index contributed by atoms with van der Waals surface area (Å²) in [6.07, 6.45) is 4.00. The Bertz CT molecular complexity index is 2860. The summed E-state index contributed by atoms with van der Waals surface area (Å²) >= 11 is 0. The normalized spacial score (nSPS) is 11.4. The average molecular weight is 697 g/mol. The molecule has 1 heteroatoms. The van der Waals surface area contributed by atoms with Gasteiger partial charge in [-0.15, -0.1) is 0 Å². The Balaban J connectivity index is 0.000000298. The molecule has 0 atom stereocenters. The van der Waals surface area contributed by atoms with Gasteiger partial charge in [0.05, 0.1) is 0 Å². The summed E-state index contributed by atoms with van der Waals surface area (Å²) < 4.78 is 6.05. The Labute approximate surface area is 318 Å². The van der Waals surface area contributed by atoms with Crippen LogP contribution in [-0.4, -0.2) is 0 Å². The second kappa shape index (κ2) is 14.9. The second-order valence-electron chi connectivity index (χ2n) is 14.2. The Morgan fingerprint density at radius 1 is 0.352 bits per heavy atom. The minimum absolute atomic E-state index is 0.927. The number of para-hydroxylation sites is 1. The summed E-state index contributed by atoms with van der Waals surface area (Å²) in [5, 5.41) is 10.2. The van der Waals surface area contributed by atoms with E-state index in [0.29, 0.717) is 0 Å². The molecule has 0 aliphatic rings. The molecule has 0 saturated carbocycles. The van der Waals surface area contributed by atoms with Crippen LogP contribution in [0.15, 0.2) is 180 Å². The molecule has 262 valence electrons. The van der Waals surface area contributed by atoms with E-state index in [4.69, 9.17) is 4.42 Å². The first-order valence-electron chi connectivity index (χ1n) is 18.8. The third-order valence-corrected chi connectivity index (χ3v) is 10.5. The van der Waals surface area contributed by atoms with E-state index in [1.807, 2.05) is 38.1 Å². The summed E-state index contributed by atoms with van der Waals surface area (Å²) in [6, 6.07) is 59.4. The van der Waals surface area contributed by atoms with E-state index in [1.54, 1.807) is 0 Å². The van der Waals surface area contributed by atoms with Crippen molar-refractivity contribution in [3.05, 3.63) is 193 Å². The SMILES string of the molecule is C/C=C\C.Cc1ccc(-c2ccc3ccc4c(-c5ccc(-c6ccc7oc8ccccc8c7c6)cc5)ccc5ccc2c3c54)cc1.Cc1ccc(C)cc1. The van der Waals surface area contributed by atoms with Crippen LogP contribution in [0.1, 0.15) is 30.5 Å². The molecule has 9 aromatic carbocycles. The van der Waals surface area contributed by atoms with Crippen LogP contribution in [0, 0.1) is 20.8 Å². The van der Waals surface area contributed by atoms with Crippen molar-refractivity contribution in [2.24, 2.45) is 0 Å². The maximum absolute atomic E-state index is 6.05. The van der Waals surface area contributed by atoms with E-state index in [9.17, 15) is 0 Å². The lowest BCUT2D eigenvalue weighted by Gasteiger charge is -2.17. The molecule has 54 heavy (non-hydrogen) atoms.